The van der Waals surface area contributed by atoms with Gasteiger partial charge in [0.2, 0.25) is 10.0 Å². The summed E-state index contributed by atoms with van der Waals surface area (Å²) in [5.74, 6) is -0.776. The van der Waals surface area contributed by atoms with Crippen molar-refractivity contribution in [2.45, 2.75) is 24.3 Å². The quantitative estimate of drug-likeness (QED) is 0.549. The summed E-state index contributed by atoms with van der Waals surface area (Å²) < 4.78 is 42.2. The zero-order chi connectivity index (χ0) is 21.0. The zero-order valence-electron chi connectivity index (χ0n) is 15.6. The van der Waals surface area contributed by atoms with Crippen LogP contribution in [0.2, 0.25) is 5.02 Å². The molecule has 6 nitrogen and oxygen atoms in total. The Balaban J connectivity index is 1.59. The van der Waals surface area contributed by atoms with Gasteiger partial charge in [0.05, 0.1) is 9.92 Å². The van der Waals surface area contributed by atoms with Crippen molar-refractivity contribution >= 4 is 27.4 Å². The van der Waals surface area contributed by atoms with Crippen LogP contribution in [0.25, 0.3) is 0 Å². The summed E-state index contributed by atoms with van der Waals surface area (Å²) in [5, 5.41) is -0.271. The maximum atomic E-state index is 13.2. The Morgan fingerprint density at radius 1 is 1.24 bits per heavy atom. The highest BCUT2D eigenvalue weighted by Gasteiger charge is 2.16. The van der Waals surface area contributed by atoms with Crippen LogP contribution in [0.1, 0.15) is 28.2 Å². The fourth-order valence-corrected chi connectivity index (χ4v) is 4.01. The number of hydrogen-bond donors (Lipinski definition) is 1. The van der Waals surface area contributed by atoms with Crippen molar-refractivity contribution in [2.24, 2.45) is 7.05 Å². The van der Waals surface area contributed by atoms with Gasteiger partial charge in [-0.1, -0.05) is 17.7 Å². The second kappa shape index (κ2) is 8.86. The van der Waals surface area contributed by atoms with Crippen LogP contribution in [0.3, 0.4) is 0 Å². The molecule has 0 amide bonds. The molecule has 0 aliphatic rings. The Morgan fingerprint density at radius 3 is 2.66 bits per heavy atom. The standard InChI is InChI=1S/C20H19ClFN3O3S/c1-25-10-2-3-15(25)5-9-20(26)19-8-4-14(12-23-19)13-24-29(27,28)16-6-7-18(22)17(21)11-16/h2-4,6-8,10-12,24H,5,9,13H2,1H3. The molecule has 29 heavy (non-hydrogen) atoms. The van der Waals surface area contributed by atoms with E-state index in [4.69, 9.17) is 11.6 Å². The minimum Gasteiger partial charge on any atom is -0.354 e. The predicted molar refractivity (Wildman–Crippen MR) is 108 cm³/mol. The molecule has 0 aliphatic carbocycles. The molecule has 0 unspecified atom stereocenters. The van der Waals surface area contributed by atoms with Gasteiger partial charge in [0.15, 0.2) is 5.78 Å². The number of pyridine rings is 1. The monoisotopic (exact) mass is 435 g/mol. The van der Waals surface area contributed by atoms with Crippen molar-refractivity contribution in [1.82, 2.24) is 14.3 Å². The van der Waals surface area contributed by atoms with Gasteiger partial charge in [0.25, 0.3) is 0 Å². The second-order valence-corrected chi connectivity index (χ2v) is 8.66. The zero-order valence-corrected chi connectivity index (χ0v) is 17.2. The van der Waals surface area contributed by atoms with E-state index >= 15 is 0 Å². The number of nitrogens with zero attached hydrogens (tertiary/aromatic N) is 2. The van der Waals surface area contributed by atoms with E-state index < -0.39 is 15.8 Å². The first-order valence-electron chi connectivity index (χ1n) is 8.79. The maximum Gasteiger partial charge on any atom is 0.240 e. The molecule has 2 aromatic heterocycles. The SMILES string of the molecule is Cn1cccc1CCC(=O)c1ccc(CNS(=O)(=O)c2ccc(F)c(Cl)c2)cn1. The van der Waals surface area contributed by atoms with Crippen LogP contribution in [-0.2, 0) is 30.0 Å². The van der Waals surface area contributed by atoms with E-state index in [-0.39, 0.29) is 22.2 Å². The maximum absolute atomic E-state index is 13.2. The van der Waals surface area contributed by atoms with E-state index in [1.54, 1.807) is 12.1 Å². The summed E-state index contributed by atoms with van der Waals surface area (Å²) in [6, 6.07) is 10.3. The average Bonchev–Trinajstić information content (AvgIpc) is 3.12. The van der Waals surface area contributed by atoms with Gasteiger partial charge in [0.1, 0.15) is 11.5 Å². The van der Waals surface area contributed by atoms with Crippen LogP contribution in [-0.4, -0.2) is 23.8 Å². The molecule has 1 aromatic carbocycles. The molecular formula is C20H19ClFN3O3S. The van der Waals surface area contributed by atoms with E-state index in [1.807, 2.05) is 29.9 Å². The Labute approximate surface area is 173 Å². The number of sulfonamides is 1. The molecule has 3 rings (SSSR count). The highest BCUT2D eigenvalue weighted by molar-refractivity contribution is 7.89. The van der Waals surface area contributed by atoms with Crippen LogP contribution in [0, 0.1) is 5.82 Å². The molecule has 0 spiro atoms. The first-order valence-corrected chi connectivity index (χ1v) is 10.7. The van der Waals surface area contributed by atoms with Gasteiger partial charge in [0, 0.05) is 38.1 Å². The lowest BCUT2D eigenvalue weighted by molar-refractivity contribution is 0.0977. The third-order valence-corrected chi connectivity index (χ3v) is 6.13. The number of benzene rings is 1. The predicted octanol–water partition coefficient (Wildman–Crippen LogP) is 3.51. The van der Waals surface area contributed by atoms with Crippen molar-refractivity contribution in [3.63, 3.8) is 0 Å². The molecule has 152 valence electrons. The van der Waals surface area contributed by atoms with Gasteiger partial charge in [-0.3, -0.25) is 9.78 Å². The number of carbonyl (C=O) groups is 1. The molecule has 0 aliphatic heterocycles. The smallest absolute Gasteiger partial charge is 0.240 e. The summed E-state index contributed by atoms with van der Waals surface area (Å²) in [4.78, 5) is 16.3. The third kappa shape index (κ3) is 5.29. The highest BCUT2D eigenvalue weighted by Crippen LogP contribution is 2.19. The fourth-order valence-electron chi connectivity index (χ4n) is 2.73. The third-order valence-electron chi connectivity index (χ3n) is 4.44. The molecule has 9 heteroatoms. The van der Waals surface area contributed by atoms with Gasteiger partial charge in [-0.05, 0) is 48.4 Å². The van der Waals surface area contributed by atoms with Crippen molar-refractivity contribution in [3.8, 4) is 0 Å². The normalized spacial score (nSPS) is 11.6. The van der Waals surface area contributed by atoms with E-state index in [9.17, 15) is 17.6 Å². The van der Waals surface area contributed by atoms with Gasteiger partial charge < -0.3 is 4.57 Å². The summed E-state index contributed by atoms with van der Waals surface area (Å²) >= 11 is 5.64. The first-order chi connectivity index (χ1) is 13.8. The van der Waals surface area contributed by atoms with E-state index in [0.29, 0.717) is 24.1 Å². The number of carbonyl (C=O) groups excluding carboxylic acids is 1. The minimum atomic E-state index is -3.86. The highest BCUT2D eigenvalue weighted by atomic mass is 35.5. The Bertz CT molecular complexity index is 1130. The molecule has 0 radical (unpaired) electrons. The van der Waals surface area contributed by atoms with Gasteiger partial charge in [-0.25, -0.2) is 17.5 Å². The largest absolute Gasteiger partial charge is 0.354 e. The van der Waals surface area contributed by atoms with Crippen LogP contribution in [0.5, 0.6) is 0 Å². The lowest BCUT2D eigenvalue weighted by Crippen LogP contribution is -2.23. The topological polar surface area (TPSA) is 81.1 Å². The Morgan fingerprint density at radius 2 is 2.03 bits per heavy atom. The Kier molecular flexibility index (Phi) is 6.46. The molecule has 3 aromatic rings. The molecule has 0 bridgehead atoms. The number of rotatable bonds is 8. The second-order valence-electron chi connectivity index (χ2n) is 6.49. The molecule has 0 atom stereocenters. The summed E-state index contributed by atoms with van der Waals surface area (Å²) in [6.45, 7) is -0.0256. The molecule has 2 heterocycles. The minimum absolute atomic E-state index is 0.0256. The number of halogens is 2. The number of ketones is 1. The van der Waals surface area contributed by atoms with Crippen LogP contribution in [0.4, 0.5) is 4.39 Å². The summed E-state index contributed by atoms with van der Waals surface area (Å²) in [7, 11) is -1.94. The van der Waals surface area contributed by atoms with Crippen LogP contribution >= 0.6 is 11.6 Å². The van der Waals surface area contributed by atoms with Crippen molar-refractivity contribution in [1.29, 1.82) is 0 Å². The molecule has 0 fully saturated rings. The number of hydrogen-bond acceptors (Lipinski definition) is 4. The number of aromatic nitrogens is 2. The Hall–Kier alpha value is -2.55. The number of Topliss-reactive ketones (excluding diaryl/α,β-unsaturated/α-hetero) is 1. The number of nitrogens with one attached hydrogen (secondary N) is 1. The van der Waals surface area contributed by atoms with Crippen molar-refractivity contribution in [3.05, 3.63) is 82.6 Å². The molecular weight excluding hydrogens is 417 g/mol. The lowest BCUT2D eigenvalue weighted by atomic mass is 10.1. The van der Waals surface area contributed by atoms with Crippen molar-refractivity contribution < 1.29 is 17.6 Å². The molecule has 0 saturated heterocycles. The van der Waals surface area contributed by atoms with E-state index in [1.165, 1.54) is 6.20 Å². The summed E-state index contributed by atoms with van der Waals surface area (Å²) in [6.07, 6.45) is 4.33. The number of aryl methyl sites for hydroxylation is 2. The average molecular weight is 436 g/mol. The van der Waals surface area contributed by atoms with Gasteiger partial charge in [-0.2, -0.15) is 0 Å². The summed E-state index contributed by atoms with van der Waals surface area (Å²) in [5.41, 5.74) is 1.97. The van der Waals surface area contributed by atoms with Gasteiger partial charge >= 0.3 is 0 Å². The van der Waals surface area contributed by atoms with E-state index in [0.717, 1.165) is 23.9 Å². The van der Waals surface area contributed by atoms with Gasteiger partial charge in [-0.15, -0.1) is 0 Å². The van der Waals surface area contributed by atoms with Crippen LogP contribution in [0.15, 0.2) is 59.8 Å². The molecule has 1 N–H and O–H groups in total. The van der Waals surface area contributed by atoms with Crippen molar-refractivity contribution in [2.75, 3.05) is 0 Å². The fraction of sp³-hybridized carbons (Fsp3) is 0.200. The van der Waals surface area contributed by atoms with E-state index in [2.05, 4.69) is 9.71 Å². The lowest BCUT2D eigenvalue weighted by Gasteiger charge is -2.08. The first kappa shape index (κ1) is 21.2. The van der Waals surface area contributed by atoms with Crippen LogP contribution < -0.4 is 4.72 Å². The molecule has 0 saturated carbocycles.